The molecule has 0 saturated heterocycles. The number of nitrogens with two attached hydrogens (primary N) is 1. The number of hydrogen-bond donors (Lipinski definition) is 2. The molecule has 0 aromatic heterocycles. The van der Waals surface area contributed by atoms with E-state index in [0.29, 0.717) is 10.2 Å². The van der Waals surface area contributed by atoms with Gasteiger partial charge >= 0.3 is 0 Å². The Balaban J connectivity index is 2.77. The molecular formula is C9H11BrFNO2. The van der Waals surface area contributed by atoms with E-state index >= 15 is 0 Å². The number of benzene rings is 1. The highest BCUT2D eigenvalue weighted by atomic mass is 79.9. The van der Waals surface area contributed by atoms with Gasteiger partial charge in [-0.1, -0.05) is 0 Å². The first-order valence-corrected chi connectivity index (χ1v) is 4.85. The summed E-state index contributed by atoms with van der Waals surface area (Å²) in [4.78, 5) is 0. The molecule has 3 N–H and O–H groups in total. The Kier molecular flexibility index (Phi) is 3.86. The summed E-state index contributed by atoms with van der Waals surface area (Å²) in [6, 6.07) is 3.97. The van der Waals surface area contributed by atoms with Crippen LogP contribution in [0.15, 0.2) is 22.7 Å². The molecule has 0 amide bonds. The van der Waals surface area contributed by atoms with Crippen molar-refractivity contribution in [1.29, 1.82) is 0 Å². The van der Waals surface area contributed by atoms with Gasteiger partial charge in [0.25, 0.3) is 0 Å². The second-order valence-electron chi connectivity index (χ2n) is 2.90. The quantitative estimate of drug-likeness (QED) is 0.816. The Morgan fingerprint density at radius 1 is 1.57 bits per heavy atom. The Hall–Kier alpha value is -0.650. The molecule has 0 fully saturated rings. The first-order valence-electron chi connectivity index (χ1n) is 4.06. The third kappa shape index (κ3) is 2.94. The van der Waals surface area contributed by atoms with E-state index in [2.05, 4.69) is 15.9 Å². The van der Waals surface area contributed by atoms with E-state index in [-0.39, 0.29) is 5.82 Å². The number of halogens is 2. The van der Waals surface area contributed by atoms with Crippen LogP contribution in [0.2, 0.25) is 0 Å². The van der Waals surface area contributed by atoms with E-state index < -0.39 is 12.3 Å². The number of hydrogen-bond acceptors (Lipinski definition) is 3. The maximum atomic E-state index is 12.7. The molecule has 1 rings (SSSR count). The van der Waals surface area contributed by atoms with Gasteiger partial charge in [0.15, 0.2) is 6.23 Å². The summed E-state index contributed by atoms with van der Waals surface area (Å²) < 4.78 is 18.3. The van der Waals surface area contributed by atoms with Gasteiger partial charge in [0.05, 0.1) is 4.47 Å². The molecule has 14 heavy (non-hydrogen) atoms. The predicted octanol–water partition coefficient (Wildman–Crippen LogP) is 1.63. The van der Waals surface area contributed by atoms with Crippen LogP contribution in [-0.4, -0.2) is 17.4 Å². The molecule has 1 aromatic carbocycles. The number of ether oxygens (including phenoxy) is 1. The third-order valence-electron chi connectivity index (χ3n) is 1.63. The Bertz CT molecular complexity index is 320. The topological polar surface area (TPSA) is 55.5 Å². The summed E-state index contributed by atoms with van der Waals surface area (Å²) >= 11 is 3.12. The average molecular weight is 264 g/mol. The highest BCUT2D eigenvalue weighted by Gasteiger charge is 2.12. The standard InChI is InChI=1S/C9H11BrFNO2/c1-5(13)9(12)14-8-3-2-6(11)4-7(8)10/h2-5,9,13H,12H2,1H3. The fraction of sp³-hybridized carbons (Fsp3) is 0.333. The lowest BCUT2D eigenvalue weighted by Crippen LogP contribution is -2.37. The summed E-state index contributed by atoms with van der Waals surface area (Å²) in [5, 5.41) is 9.09. The number of rotatable bonds is 3. The van der Waals surface area contributed by atoms with Gasteiger partial charge in [0.1, 0.15) is 17.7 Å². The van der Waals surface area contributed by atoms with Crippen LogP contribution in [0.4, 0.5) is 4.39 Å². The van der Waals surface area contributed by atoms with Crippen LogP contribution in [0.25, 0.3) is 0 Å². The fourth-order valence-electron chi connectivity index (χ4n) is 0.816. The van der Waals surface area contributed by atoms with Crippen LogP contribution in [0.5, 0.6) is 5.75 Å². The van der Waals surface area contributed by atoms with Crippen molar-refractivity contribution < 1.29 is 14.2 Å². The summed E-state index contributed by atoms with van der Waals surface area (Å²) in [5.41, 5.74) is 5.47. The molecule has 2 atom stereocenters. The monoisotopic (exact) mass is 263 g/mol. The van der Waals surface area contributed by atoms with E-state index in [1.165, 1.54) is 25.1 Å². The average Bonchev–Trinajstić information content (AvgIpc) is 2.09. The van der Waals surface area contributed by atoms with Gasteiger partial charge in [-0.05, 0) is 41.1 Å². The molecule has 1 aromatic rings. The first kappa shape index (κ1) is 11.4. The second-order valence-corrected chi connectivity index (χ2v) is 3.75. The normalized spacial score (nSPS) is 14.9. The van der Waals surface area contributed by atoms with Crippen LogP contribution in [0.3, 0.4) is 0 Å². The molecule has 2 unspecified atom stereocenters. The van der Waals surface area contributed by atoms with E-state index in [0.717, 1.165) is 0 Å². The smallest absolute Gasteiger partial charge is 0.173 e. The van der Waals surface area contributed by atoms with Crippen LogP contribution < -0.4 is 10.5 Å². The van der Waals surface area contributed by atoms with Gasteiger partial charge in [0, 0.05) is 0 Å². The van der Waals surface area contributed by atoms with Crippen molar-refractivity contribution in [2.24, 2.45) is 5.73 Å². The molecule has 0 radical (unpaired) electrons. The molecule has 0 saturated carbocycles. The summed E-state index contributed by atoms with van der Waals surface area (Å²) in [6.07, 6.45) is -1.61. The Labute approximate surface area is 89.8 Å². The lowest BCUT2D eigenvalue weighted by Gasteiger charge is -2.17. The molecule has 0 heterocycles. The lowest BCUT2D eigenvalue weighted by molar-refractivity contribution is 0.0523. The minimum atomic E-state index is -0.822. The first-order chi connectivity index (χ1) is 6.50. The minimum Gasteiger partial charge on any atom is -0.472 e. The zero-order chi connectivity index (χ0) is 10.7. The van der Waals surface area contributed by atoms with Gasteiger partial charge in [-0.2, -0.15) is 0 Å². The largest absolute Gasteiger partial charge is 0.472 e. The molecule has 5 heteroatoms. The highest BCUT2D eigenvalue weighted by Crippen LogP contribution is 2.26. The maximum absolute atomic E-state index is 12.7. The van der Waals surface area contributed by atoms with Crippen molar-refractivity contribution in [2.45, 2.75) is 19.3 Å². The molecule has 0 bridgehead atoms. The van der Waals surface area contributed by atoms with Crippen molar-refractivity contribution in [1.82, 2.24) is 0 Å². The Morgan fingerprint density at radius 2 is 2.21 bits per heavy atom. The van der Waals surface area contributed by atoms with Crippen LogP contribution in [0, 0.1) is 5.82 Å². The van der Waals surface area contributed by atoms with Gasteiger partial charge in [-0.3, -0.25) is 5.73 Å². The predicted molar refractivity (Wildman–Crippen MR) is 54.4 cm³/mol. The van der Waals surface area contributed by atoms with Gasteiger partial charge in [0.2, 0.25) is 0 Å². The molecule has 0 aliphatic heterocycles. The van der Waals surface area contributed by atoms with Crippen LogP contribution in [0.1, 0.15) is 6.92 Å². The third-order valence-corrected chi connectivity index (χ3v) is 2.25. The second kappa shape index (κ2) is 4.72. The van der Waals surface area contributed by atoms with Crippen molar-refractivity contribution in [2.75, 3.05) is 0 Å². The molecule has 0 spiro atoms. The zero-order valence-electron chi connectivity index (χ0n) is 7.58. The van der Waals surface area contributed by atoms with Crippen molar-refractivity contribution in [3.8, 4) is 5.75 Å². The number of aliphatic hydroxyl groups is 1. The number of aliphatic hydroxyl groups excluding tert-OH is 1. The van der Waals surface area contributed by atoms with Crippen LogP contribution >= 0.6 is 15.9 Å². The van der Waals surface area contributed by atoms with Gasteiger partial charge < -0.3 is 9.84 Å². The van der Waals surface area contributed by atoms with E-state index in [9.17, 15) is 4.39 Å². The van der Waals surface area contributed by atoms with Crippen LogP contribution in [-0.2, 0) is 0 Å². The van der Waals surface area contributed by atoms with E-state index in [1.54, 1.807) is 0 Å². The molecule has 3 nitrogen and oxygen atoms in total. The fourth-order valence-corrected chi connectivity index (χ4v) is 1.26. The van der Waals surface area contributed by atoms with Gasteiger partial charge in [-0.25, -0.2) is 4.39 Å². The van der Waals surface area contributed by atoms with Gasteiger partial charge in [-0.15, -0.1) is 0 Å². The van der Waals surface area contributed by atoms with Crippen molar-refractivity contribution in [3.63, 3.8) is 0 Å². The SMILES string of the molecule is CC(O)C(N)Oc1ccc(F)cc1Br. The van der Waals surface area contributed by atoms with Crippen molar-refractivity contribution >= 4 is 15.9 Å². The zero-order valence-corrected chi connectivity index (χ0v) is 9.16. The maximum Gasteiger partial charge on any atom is 0.173 e. The minimum absolute atomic E-state index is 0.366. The summed E-state index contributed by atoms with van der Waals surface area (Å²) in [6.45, 7) is 1.52. The molecule has 78 valence electrons. The van der Waals surface area contributed by atoms with E-state index in [1.807, 2.05) is 0 Å². The molecule has 0 aliphatic carbocycles. The summed E-state index contributed by atoms with van der Waals surface area (Å²) in [5.74, 6) is 0.0367. The summed E-state index contributed by atoms with van der Waals surface area (Å²) in [7, 11) is 0. The van der Waals surface area contributed by atoms with E-state index in [4.69, 9.17) is 15.6 Å². The lowest BCUT2D eigenvalue weighted by atomic mass is 10.3. The Morgan fingerprint density at radius 3 is 2.71 bits per heavy atom. The molecule has 0 aliphatic rings. The molecular weight excluding hydrogens is 253 g/mol. The highest BCUT2D eigenvalue weighted by molar-refractivity contribution is 9.10. The van der Waals surface area contributed by atoms with Crippen molar-refractivity contribution in [3.05, 3.63) is 28.5 Å².